The van der Waals surface area contributed by atoms with Gasteiger partial charge in [0.15, 0.2) is 5.82 Å². The summed E-state index contributed by atoms with van der Waals surface area (Å²) in [6, 6.07) is 18.7. The standard InChI is InChI=1S/C23H20FN5OS.C8H17F/c1-15-20(10-9-19(21(15)24)29-31-14-16-6-3-2-4-7-16)30-22-17(8-5-12-26-22)18-11-13-27-23(25)28-18;1-3-5-6-7-8(9)4-2/h2-13,29H,14H2,1H3,(H2,25,27,28);8H,3-7H2,1-2H3. The zero-order chi connectivity index (χ0) is 28.7. The van der Waals surface area contributed by atoms with E-state index in [0.717, 1.165) is 24.2 Å². The first-order valence-corrected chi connectivity index (χ1v) is 14.5. The Morgan fingerprint density at radius 2 is 1.77 bits per heavy atom. The molecule has 40 heavy (non-hydrogen) atoms. The van der Waals surface area contributed by atoms with E-state index in [2.05, 4.69) is 26.6 Å². The third kappa shape index (κ3) is 9.48. The molecular weight excluding hydrogens is 528 g/mol. The van der Waals surface area contributed by atoms with Crippen LogP contribution in [0.5, 0.6) is 11.6 Å². The lowest BCUT2D eigenvalue weighted by molar-refractivity contribution is 0.297. The number of nitrogens with zero attached hydrogens (tertiary/aromatic N) is 3. The highest BCUT2D eigenvalue weighted by atomic mass is 32.2. The van der Waals surface area contributed by atoms with E-state index in [1.165, 1.54) is 24.8 Å². The van der Waals surface area contributed by atoms with Gasteiger partial charge < -0.3 is 15.2 Å². The zero-order valence-electron chi connectivity index (χ0n) is 23.2. The number of hydrogen-bond acceptors (Lipinski definition) is 7. The molecule has 0 saturated heterocycles. The molecule has 1 atom stereocenters. The molecule has 0 aliphatic carbocycles. The maximum atomic E-state index is 15.0. The molecule has 4 aromatic rings. The first kappa shape index (κ1) is 30.8. The fourth-order valence-electron chi connectivity index (χ4n) is 3.74. The number of unbranched alkanes of at least 4 members (excludes halogenated alkanes) is 2. The van der Waals surface area contributed by atoms with E-state index < -0.39 is 6.17 Å². The van der Waals surface area contributed by atoms with Gasteiger partial charge in [0.2, 0.25) is 11.8 Å². The first-order valence-electron chi connectivity index (χ1n) is 13.5. The summed E-state index contributed by atoms with van der Waals surface area (Å²) in [6.07, 6.45) is 7.51. The number of rotatable bonds is 12. The minimum absolute atomic E-state index is 0.151. The summed E-state index contributed by atoms with van der Waals surface area (Å²) in [5.74, 6) is 1.18. The number of anilines is 2. The highest BCUT2D eigenvalue weighted by Gasteiger charge is 2.15. The maximum absolute atomic E-state index is 15.0. The van der Waals surface area contributed by atoms with Gasteiger partial charge in [-0.25, -0.2) is 23.7 Å². The molecule has 0 fully saturated rings. The van der Waals surface area contributed by atoms with E-state index in [0.29, 0.717) is 40.6 Å². The summed E-state index contributed by atoms with van der Waals surface area (Å²) in [5, 5.41) is 0. The van der Waals surface area contributed by atoms with Gasteiger partial charge in [0.1, 0.15) is 5.75 Å². The monoisotopic (exact) mass is 565 g/mol. The van der Waals surface area contributed by atoms with Gasteiger partial charge in [-0.2, -0.15) is 0 Å². The van der Waals surface area contributed by atoms with Gasteiger partial charge in [-0.1, -0.05) is 63.4 Å². The average molecular weight is 566 g/mol. The van der Waals surface area contributed by atoms with E-state index >= 15 is 0 Å². The number of alkyl halides is 1. The van der Waals surface area contributed by atoms with Crippen LogP contribution in [0.2, 0.25) is 0 Å². The van der Waals surface area contributed by atoms with Crippen LogP contribution in [0, 0.1) is 12.7 Å². The highest BCUT2D eigenvalue weighted by molar-refractivity contribution is 7.99. The van der Waals surface area contributed by atoms with Gasteiger partial charge in [-0.05, 0) is 67.6 Å². The molecule has 0 spiro atoms. The number of nitrogens with two attached hydrogens (primary N) is 1. The number of benzene rings is 2. The van der Waals surface area contributed by atoms with Gasteiger partial charge in [-0.3, -0.25) is 0 Å². The van der Waals surface area contributed by atoms with Crippen molar-refractivity contribution in [3.05, 3.63) is 90.0 Å². The second-order valence-corrected chi connectivity index (χ2v) is 9.97. The van der Waals surface area contributed by atoms with Crippen LogP contribution in [-0.4, -0.2) is 21.1 Å². The van der Waals surface area contributed by atoms with Crippen molar-refractivity contribution in [3.63, 3.8) is 0 Å². The number of nitrogens with one attached hydrogen (secondary N) is 1. The summed E-state index contributed by atoms with van der Waals surface area (Å²) in [6.45, 7) is 5.71. The van der Waals surface area contributed by atoms with Gasteiger partial charge in [0.25, 0.3) is 0 Å². The Balaban J connectivity index is 0.000000424. The Labute approximate surface area is 240 Å². The molecule has 2 heterocycles. The Morgan fingerprint density at radius 3 is 2.50 bits per heavy atom. The summed E-state index contributed by atoms with van der Waals surface area (Å²) in [5.41, 5.74) is 8.84. The predicted octanol–water partition coefficient (Wildman–Crippen LogP) is 8.94. The Hall–Kier alpha value is -3.72. The lowest BCUT2D eigenvalue weighted by Crippen LogP contribution is -2.00. The smallest absolute Gasteiger partial charge is 0.228 e. The fraction of sp³-hybridized carbons (Fsp3) is 0.323. The molecule has 0 aliphatic heterocycles. The number of nitrogen functional groups attached to an aromatic ring is 1. The van der Waals surface area contributed by atoms with Crippen molar-refractivity contribution in [3.8, 4) is 22.9 Å². The molecule has 0 aliphatic rings. The average Bonchev–Trinajstić information content (AvgIpc) is 2.98. The number of halogens is 2. The van der Waals surface area contributed by atoms with Crippen molar-refractivity contribution in [1.82, 2.24) is 15.0 Å². The molecule has 2 aromatic carbocycles. The Morgan fingerprint density at radius 1 is 0.975 bits per heavy atom. The molecule has 0 amide bonds. The van der Waals surface area contributed by atoms with Crippen molar-refractivity contribution >= 4 is 23.6 Å². The van der Waals surface area contributed by atoms with Crippen LogP contribution in [0.3, 0.4) is 0 Å². The third-order valence-electron chi connectivity index (χ3n) is 6.09. The molecule has 6 nitrogen and oxygen atoms in total. The van der Waals surface area contributed by atoms with Gasteiger partial charge >= 0.3 is 0 Å². The van der Waals surface area contributed by atoms with Crippen molar-refractivity contribution < 1.29 is 13.5 Å². The van der Waals surface area contributed by atoms with Crippen molar-refractivity contribution in [1.29, 1.82) is 0 Å². The van der Waals surface area contributed by atoms with Crippen LogP contribution in [0.25, 0.3) is 11.3 Å². The molecule has 0 radical (unpaired) electrons. The summed E-state index contributed by atoms with van der Waals surface area (Å²) < 4.78 is 36.4. The largest absolute Gasteiger partial charge is 0.438 e. The first-order chi connectivity index (χ1) is 19.4. The summed E-state index contributed by atoms with van der Waals surface area (Å²) in [4.78, 5) is 12.4. The zero-order valence-corrected chi connectivity index (χ0v) is 24.1. The molecule has 0 bridgehead atoms. The van der Waals surface area contributed by atoms with Crippen molar-refractivity contribution in [2.24, 2.45) is 0 Å². The van der Waals surface area contributed by atoms with Crippen molar-refractivity contribution in [2.45, 2.75) is 64.8 Å². The Bertz CT molecular complexity index is 1330. The SMILES string of the molecule is CCCCCC(F)CC.Cc1c(Oc2ncccc2-c2ccnc(N)n2)ccc(NSCc2ccccc2)c1F. The molecule has 1 unspecified atom stereocenters. The van der Waals surface area contributed by atoms with E-state index in [9.17, 15) is 8.78 Å². The topological polar surface area (TPSA) is 86.0 Å². The minimum Gasteiger partial charge on any atom is -0.438 e. The second-order valence-electron chi connectivity index (χ2n) is 9.19. The molecule has 9 heteroatoms. The molecule has 0 saturated carbocycles. The molecular formula is C31H37F2N5OS. The van der Waals surface area contributed by atoms with E-state index in [-0.39, 0.29) is 11.8 Å². The molecule has 3 N–H and O–H groups in total. The lowest BCUT2D eigenvalue weighted by atomic mass is 10.1. The van der Waals surface area contributed by atoms with Gasteiger partial charge in [0.05, 0.1) is 23.1 Å². The van der Waals surface area contributed by atoms with Crippen LogP contribution in [0.15, 0.2) is 73.1 Å². The lowest BCUT2D eigenvalue weighted by Gasteiger charge is -2.14. The maximum Gasteiger partial charge on any atom is 0.228 e. The minimum atomic E-state index is -0.545. The number of pyridine rings is 1. The number of aromatic nitrogens is 3. The normalized spacial score (nSPS) is 11.3. The molecule has 2 aromatic heterocycles. The van der Waals surface area contributed by atoms with Crippen molar-refractivity contribution in [2.75, 3.05) is 10.5 Å². The highest BCUT2D eigenvalue weighted by Crippen LogP contribution is 2.35. The predicted molar refractivity (Wildman–Crippen MR) is 162 cm³/mol. The second kappa shape index (κ2) is 16.4. The van der Waals surface area contributed by atoms with Crippen LogP contribution in [0.4, 0.5) is 20.4 Å². The fourth-order valence-corrected chi connectivity index (χ4v) is 4.49. The number of ether oxygens (including phenoxy) is 1. The van der Waals surface area contributed by atoms with E-state index in [1.807, 2.05) is 43.3 Å². The third-order valence-corrected chi connectivity index (χ3v) is 6.93. The van der Waals surface area contributed by atoms with Crippen LogP contribution < -0.4 is 15.2 Å². The van der Waals surface area contributed by atoms with Crippen LogP contribution in [-0.2, 0) is 5.75 Å². The Kier molecular flexibility index (Phi) is 12.6. The molecule has 212 valence electrons. The molecule has 4 rings (SSSR count). The quantitative estimate of drug-likeness (QED) is 0.131. The van der Waals surface area contributed by atoms with Gasteiger partial charge in [0, 0.05) is 23.7 Å². The van der Waals surface area contributed by atoms with Crippen LogP contribution >= 0.6 is 11.9 Å². The summed E-state index contributed by atoms with van der Waals surface area (Å²) in [7, 11) is 0. The van der Waals surface area contributed by atoms with Gasteiger partial charge in [-0.15, -0.1) is 0 Å². The van der Waals surface area contributed by atoms with E-state index in [4.69, 9.17) is 10.5 Å². The van der Waals surface area contributed by atoms with E-state index in [1.54, 1.807) is 43.6 Å². The summed E-state index contributed by atoms with van der Waals surface area (Å²) >= 11 is 1.42. The number of hydrogen-bond donors (Lipinski definition) is 2. The van der Waals surface area contributed by atoms with Crippen LogP contribution in [0.1, 0.15) is 57.1 Å².